The van der Waals surface area contributed by atoms with Crippen molar-refractivity contribution in [2.45, 2.75) is 48.5 Å². The van der Waals surface area contributed by atoms with Crippen molar-refractivity contribution in [3.8, 4) is 0 Å². The summed E-state index contributed by atoms with van der Waals surface area (Å²) in [5.74, 6) is 0.835. The van der Waals surface area contributed by atoms with Crippen molar-refractivity contribution in [1.29, 1.82) is 0 Å². The van der Waals surface area contributed by atoms with Crippen LogP contribution in [0, 0.1) is 0 Å². The number of benzene rings is 1. The fourth-order valence-electron chi connectivity index (χ4n) is 2.34. The van der Waals surface area contributed by atoms with Crippen LogP contribution in [0.15, 0.2) is 86.5 Å². The van der Waals surface area contributed by atoms with Gasteiger partial charge in [-0.1, -0.05) is 104 Å². The molecule has 0 aliphatic heterocycles. The second kappa shape index (κ2) is 17.5. The fraction of sp³-hybridized carbons (Fsp3) is 0.269. The Morgan fingerprint density at radius 1 is 0.893 bits per heavy atom. The highest BCUT2D eigenvalue weighted by Gasteiger charge is 2.14. The van der Waals surface area contributed by atoms with Gasteiger partial charge in [-0.2, -0.15) is 0 Å². The zero-order chi connectivity index (χ0) is 21.9. The molecule has 28 heavy (non-hydrogen) atoms. The molecule has 0 aliphatic carbocycles. The Morgan fingerprint density at radius 2 is 1.46 bits per heavy atom. The molecule has 0 spiro atoms. The molecule has 2 aromatic rings. The van der Waals surface area contributed by atoms with Gasteiger partial charge in [0.15, 0.2) is 0 Å². The van der Waals surface area contributed by atoms with Crippen molar-refractivity contribution in [2.24, 2.45) is 0 Å². The Bertz CT molecular complexity index is 799. The topological polar surface area (TPSA) is 17.8 Å². The summed E-state index contributed by atoms with van der Waals surface area (Å²) >= 11 is 0. The van der Waals surface area contributed by atoms with Crippen LogP contribution in [-0.4, -0.2) is 9.55 Å². The first kappa shape index (κ1) is 27.3. The average Bonchev–Trinajstić information content (AvgIpc) is 3.15. The van der Waals surface area contributed by atoms with E-state index in [4.69, 9.17) is 4.98 Å². The summed E-state index contributed by atoms with van der Waals surface area (Å²) in [5.41, 5.74) is 3.90. The maximum Gasteiger partial charge on any atom is 0.145 e. The summed E-state index contributed by atoms with van der Waals surface area (Å²) in [5, 5.41) is 0. The van der Waals surface area contributed by atoms with Gasteiger partial charge in [0.1, 0.15) is 5.82 Å². The second-order valence-corrected chi connectivity index (χ2v) is 4.65. The first-order chi connectivity index (χ1) is 13.8. The Kier molecular flexibility index (Phi) is 17.1. The van der Waals surface area contributed by atoms with E-state index >= 15 is 0 Å². The second-order valence-electron chi connectivity index (χ2n) is 4.65. The van der Waals surface area contributed by atoms with Gasteiger partial charge in [0.2, 0.25) is 0 Å². The molecule has 0 fully saturated rings. The van der Waals surface area contributed by atoms with Crippen LogP contribution < -0.4 is 0 Å². The van der Waals surface area contributed by atoms with Crippen LogP contribution in [0.25, 0.3) is 22.3 Å². The molecular weight excluding hydrogens is 340 g/mol. The van der Waals surface area contributed by atoms with E-state index in [1.54, 1.807) is 18.2 Å². The Labute approximate surface area is 173 Å². The summed E-state index contributed by atoms with van der Waals surface area (Å²) < 4.78 is 2.11. The van der Waals surface area contributed by atoms with Gasteiger partial charge in [0.05, 0.1) is 11.0 Å². The van der Waals surface area contributed by atoms with E-state index in [0.717, 1.165) is 28.1 Å². The first-order valence-electron chi connectivity index (χ1n) is 10.2. The van der Waals surface area contributed by atoms with Gasteiger partial charge in [-0.25, -0.2) is 4.98 Å². The lowest BCUT2D eigenvalue weighted by molar-refractivity contribution is 1.09. The smallest absolute Gasteiger partial charge is 0.145 e. The van der Waals surface area contributed by atoms with Gasteiger partial charge in [-0.05, 0) is 31.2 Å². The summed E-state index contributed by atoms with van der Waals surface area (Å²) in [4.78, 5) is 4.75. The predicted octanol–water partition coefficient (Wildman–Crippen LogP) is 8.47. The molecule has 2 rings (SSSR count). The Balaban J connectivity index is 0. The van der Waals surface area contributed by atoms with Crippen molar-refractivity contribution >= 4 is 22.3 Å². The number of imidazole rings is 1. The van der Waals surface area contributed by atoms with Crippen molar-refractivity contribution in [3.63, 3.8) is 0 Å². The number of allylic oxidation sites excluding steroid dienone is 9. The monoisotopic (exact) mass is 378 g/mol. The quantitative estimate of drug-likeness (QED) is 0.461. The zero-order valence-electron chi connectivity index (χ0n) is 18.9. The third-order valence-electron chi connectivity index (χ3n) is 3.22. The molecule has 2 nitrogen and oxygen atoms in total. The molecule has 0 atom stereocenters. The minimum absolute atomic E-state index is 0.835. The highest BCUT2D eigenvalue weighted by Crippen LogP contribution is 2.26. The van der Waals surface area contributed by atoms with Gasteiger partial charge in [-0.3, -0.25) is 4.57 Å². The number of aromatic nitrogens is 2. The average molecular weight is 379 g/mol. The minimum atomic E-state index is 0.835. The van der Waals surface area contributed by atoms with Crippen LogP contribution >= 0.6 is 0 Å². The maximum absolute atomic E-state index is 4.75. The maximum atomic E-state index is 4.75. The fourth-order valence-corrected chi connectivity index (χ4v) is 2.34. The van der Waals surface area contributed by atoms with Gasteiger partial charge in [-0.15, -0.1) is 0 Å². The molecule has 1 heterocycles. The van der Waals surface area contributed by atoms with E-state index in [1.165, 1.54) is 0 Å². The molecule has 0 aliphatic rings. The normalized spacial score (nSPS) is 10.7. The third-order valence-corrected chi connectivity index (χ3v) is 3.22. The molecular formula is C26H38N2. The van der Waals surface area contributed by atoms with Crippen LogP contribution in [0.1, 0.15) is 54.3 Å². The van der Waals surface area contributed by atoms with Crippen LogP contribution in [0.4, 0.5) is 0 Å². The van der Waals surface area contributed by atoms with E-state index < -0.39 is 0 Å². The molecule has 0 unspecified atom stereocenters. The number of nitrogens with zero attached hydrogens (tertiary/aromatic N) is 2. The summed E-state index contributed by atoms with van der Waals surface area (Å²) in [6, 6.07) is 8.06. The van der Waals surface area contributed by atoms with Crippen molar-refractivity contribution in [1.82, 2.24) is 9.55 Å². The molecule has 0 amide bonds. The van der Waals surface area contributed by atoms with Gasteiger partial charge in [0, 0.05) is 11.3 Å². The number of para-hydroxylation sites is 2. The minimum Gasteiger partial charge on any atom is -0.292 e. The molecule has 0 saturated carbocycles. The predicted molar refractivity (Wildman–Crippen MR) is 131 cm³/mol. The lowest BCUT2D eigenvalue weighted by atomic mass is 10.2. The zero-order valence-corrected chi connectivity index (χ0v) is 18.9. The molecule has 0 saturated heterocycles. The molecule has 0 bridgehead atoms. The molecule has 0 radical (unpaired) electrons. The SMILES string of the molecule is C=C/C=C(\C=C)c1nc2ccccc2n1C(/C=C\C)=C/C=C.CC.CC.CC. The van der Waals surface area contributed by atoms with Crippen molar-refractivity contribution < 1.29 is 0 Å². The van der Waals surface area contributed by atoms with E-state index in [2.05, 4.69) is 30.4 Å². The number of hydrogen-bond donors (Lipinski definition) is 0. The van der Waals surface area contributed by atoms with Crippen LogP contribution in [-0.2, 0) is 0 Å². The van der Waals surface area contributed by atoms with E-state index in [-0.39, 0.29) is 0 Å². The lowest BCUT2D eigenvalue weighted by Crippen LogP contribution is -2.00. The van der Waals surface area contributed by atoms with E-state index in [1.807, 2.05) is 91.0 Å². The summed E-state index contributed by atoms with van der Waals surface area (Å²) in [6.45, 7) is 25.5. The summed E-state index contributed by atoms with van der Waals surface area (Å²) in [6.07, 6.45) is 13.2. The summed E-state index contributed by atoms with van der Waals surface area (Å²) in [7, 11) is 0. The van der Waals surface area contributed by atoms with Crippen LogP contribution in [0.5, 0.6) is 0 Å². The van der Waals surface area contributed by atoms with E-state index in [9.17, 15) is 0 Å². The van der Waals surface area contributed by atoms with Crippen LogP contribution in [0.3, 0.4) is 0 Å². The largest absolute Gasteiger partial charge is 0.292 e. The third kappa shape index (κ3) is 7.40. The molecule has 1 aromatic heterocycles. The van der Waals surface area contributed by atoms with Gasteiger partial charge in [0.25, 0.3) is 0 Å². The Hall–Kier alpha value is -2.87. The number of hydrogen-bond acceptors (Lipinski definition) is 1. The van der Waals surface area contributed by atoms with Gasteiger partial charge >= 0.3 is 0 Å². The number of fused-ring (bicyclic) bond motifs is 1. The van der Waals surface area contributed by atoms with Crippen molar-refractivity contribution in [2.75, 3.05) is 0 Å². The Morgan fingerprint density at radius 3 is 1.96 bits per heavy atom. The van der Waals surface area contributed by atoms with Crippen molar-refractivity contribution in [3.05, 3.63) is 92.4 Å². The molecule has 0 N–H and O–H groups in total. The standard InChI is InChI=1S/C20H20N2.3C2H6/c1-5-11-16(8-4)20-21-18-14-9-10-15-19(18)22(20)17(12-6-2)13-7-3;3*1-2/h5-15H,1-2,4H2,3H3;3*1-2H3/b13-7-,16-11+,17-12+;;;. The molecule has 1 aromatic carbocycles. The molecule has 152 valence electrons. The number of rotatable bonds is 6. The first-order valence-corrected chi connectivity index (χ1v) is 10.2. The van der Waals surface area contributed by atoms with E-state index in [0.29, 0.717) is 0 Å². The van der Waals surface area contributed by atoms with Gasteiger partial charge < -0.3 is 0 Å². The highest BCUT2D eigenvalue weighted by atomic mass is 15.1. The van der Waals surface area contributed by atoms with Crippen LogP contribution in [0.2, 0.25) is 0 Å². The highest BCUT2D eigenvalue weighted by molar-refractivity contribution is 5.87. The lowest BCUT2D eigenvalue weighted by Gasteiger charge is -2.10. The molecule has 2 heteroatoms.